The highest BCUT2D eigenvalue weighted by Gasteiger charge is 2.56. The molecule has 3 rings (SSSR count). The lowest BCUT2D eigenvalue weighted by molar-refractivity contribution is -0.134. The first-order valence-corrected chi connectivity index (χ1v) is 8.90. The van der Waals surface area contributed by atoms with Gasteiger partial charge in [-0.3, -0.25) is 9.59 Å². The second kappa shape index (κ2) is 7.79. The molecule has 1 aliphatic rings. The van der Waals surface area contributed by atoms with Crippen molar-refractivity contribution in [2.24, 2.45) is 5.41 Å². The van der Waals surface area contributed by atoms with Gasteiger partial charge in [0.25, 0.3) is 0 Å². The Balaban J connectivity index is 1.56. The molecular formula is C20H21ClN2O3. The zero-order valence-corrected chi connectivity index (χ0v) is 15.3. The van der Waals surface area contributed by atoms with Crippen LogP contribution in [0.25, 0.3) is 0 Å². The number of para-hydroxylation sites is 1. The topological polar surface area (TPSA) is 67.4 Å². The van der Waals surface area contributed by atoms with E-state index in [-0.39, 0.29) is 11.8 Å². The van der Waals surface area contributed by atoms with Gasteiger partial charge in [-0.15, -0.1) is 0 Å². The number of hydrogen-bond acceptors (Lipinski definition) is 3. The summed E-state index contributed by atoms with van der Waals surface area (Å²) >= 11 is 5.93. The van der Waals surface area contributed by atoms with Crippen LogP contribution in [-0.4, -0.2) is 25.5 Å². The van der Waals surface area contributed by atoms with E-state index in [1.807, 2.05) is 24.3 Å². The Kier molecular flexibility index (Phi) is 5.47. The van der Waals surface area contributed by atoms with E-state index in [2.05, 4.69) is 10.6 Å². The third-order valence-corrected chi connectivity index (χ3v) is 4.81. The maximum atomic E-state index is 12.5. The maximum absolute atomic E-state index is 12.5. The molecule has 1 fully saturated rings. The van der Waals surface area contributed by atoms with Crippen molar-refractivity contribution in [3.05, 3.63) is 59.1 Å². The Morgan fingerprint density at radius 1 is 1.12 bits per heavy atom. The lowest BCUT2D eigenvalue weighted by Crippen LogP contribution is -2.40. The fraction of sp³-hybridized carbons (Fsp3) is 0.300. The van der Waals surface area contributed by atoms with Crippen LogP contribution in [0.1, 0.15) is 18.4 Å². The summed E-state index contributed by atoms with van der Waals surface area (Å²) in [7, 11) is 1.62. The molecule has 2 amide bonds. The van der Waals surface area contributed by atoms with Crippen molar-refractivity contribution in [3.8, 4) is 5.75 Å². The summed E-state index contributed by atoms with van der Waals surface area (Å²) in [5, 5.41) is 6.21. The minimum Gasteiger partial charge on any atom is -0.496 e. The number of hydrogen-bond donors (Lipinski definition) is 2. The summed E-state index contributed by atoms with van der Waals surface area (Å²) in [5.74, 6) is 0.281. The predicted octanol–water partition coefficient (Wildman–Crippen LogP) is 3.43. The van der Waals surface area contributed by atoms with Gasteiger partial charge in [0.05, 0.1) is 7.11 Å². The molecule has 2 N–H and O–H groups in total. The van der Waals surface area contributed by atoms with E-state index < -0.39 is 5.41 Å². The van der Waals surface area contributed by atoms with Gasteiger partial charge >= 0.3 is 0 Å². The van der Waals surface area contributed by atoms with Crippen molar-refractivity contribution in [1.29, 1.82) is 0 Å². The minimum atomic E-state index is -0.969. The third-order valence-electron chi connectivity index (χ3n) is 4.57. The van der Waals surface area contributed by atoms with E-state index >= 15 is 0 Å². The van der Waals surface area contributed by atoms with Gasteiger partial charge in [-0.1, -0.05) is 35.9 Å². The van der Waals surface area contributed by atoms with Crippen LogP contribution in [0.4, 0.5) is 5.69 Å². The molecule has 0 atom stereocenters. The first kappa shape index (κ1) is 18.3. The Hall–Kier alpha value is -2.53. The largest absolute Gasteiger partial charge is 0.496 e. The average Bonchev–Trinajstić information content (AvgIpc) is 3.44. The van der Waals surface area contributed by atoms with E-state index in [1.165, 1.54) is 0 Å². The number of halogens is 1. The van der Waals surface area contributed by atoms with Gasteiger partial charge in [-0.2, -0.15) is 0 Å². The van der Waals surface area contributed by atoms with Gasteiger partial charge in [0.1, 0.15) is 11.2 Å². The van der Waals surface area contributed by atoms with E-state index in [0.717, 1.165) is 11.3 Å². The molecule has 0 unspecified atom stereocenters. The Morgan fingerprint density at radius 3 is 2.58 bits per heavy atom. The van der Waals surface area contributed by atoms with Crippen LogP contribution in [0.15, 0.2) is 48.5 Å². The van der Waals surface area contributed by atoms with Crippen LogP contribution in [0.3, 0.4) is 0 Å². The normalized spacial score (nSPS) is 14.4. The highest BCUT2D eigenvalue weighted by molar-refractivity contribution is 6.31. The molecule has 6 heteroatoms. The number of carbonyl (C=O) groups is 2. The molecule has 0 heterocycles. The lowest BCUT2D eigenvalue weighted by Gasteiger charge is -2.16. The van der Waals surface area contributed by atoms with Crippen LogP contribution < -0.4 is 15.4 Å². The fourth-order valence-corrected chi connectivity index (χ4v) is 3.08. The standard InChI is InChI=1S/C20H21ClN2O3/c1-26-17-8-3-2-5-14(17)9-12-22-18(24)20(10-11-20)19(25)23-16-7-4-6-15(21)13-16/h2-8,13H,9-12H2,1H3,(H,22,24)(H,23,25). The van der Waals surface area contributed by atoms with Crippen molar-refractivity contribution < 1.29 is 14.3 Å². The third kappa shape index (κ3) is 3.99. The smallest absolute Gasteiger partial charge is 0.240 e. The van der Waals surface area contributed by atoms with E-state index in [4.69, 9.17) is 16.3 Å². The van der Waals surface area contributed by atoms with Gasteiger partial charge in [0.2, 0.25) is 11.8 Å². The highest BCUT2D eigenvalue weighted by Crippen LogP contribution is 2.46. The molecule has 2 aromatic carbocycles. The Labute approximate surface area is 157 Å². The lowest BCUT2D eigenvalue weighted by atomic mass is 10.0. The second-order valence-corrected chi connectivity index (χ2v) is 6.80. The monoisotopic (exact) mass is 372 g/mol. The maximum Gasteiger partial charge on any atom is 0.240 e. The summed E-state index contributed by atoms with van der Waals surface area (Å²) in [6.45, 7) is 0.450. The molecule has 2 aromatic rings. The Bertz CT molecular complexity index is 818. The first-order valence-electron chi connectivity index (χ1n) is 8.52. The molecule has 0 aromatic heterocycles. The van der Waals surface area contributed by atoms with Gasteiger partial charge in [-0.25, -0.2) is 0 Å². The number of anilines is 1. The number of ether oxygens (including phenoxy) is 1. The number of methoxy groups -OCH3 is 1. The van der Waals surface area contributed by atoms with Crippen molar-refractivity contribution in [2.75, 3.05) is 19.0 Å². The van der Waals surface area contributed by atoms with Gasteiger partial charge in [0, 0.05) is 17.3 Å². The van der Waals surface area contributed by atoms with Crippen molar-refractivity contribution >= 4 is 29.1 Å². The number of carbonyl (C=O) groups excluding carboxylic acids is 2. The first-order chi connectivity index (χ1) is 12.5. The molecule has 1 saturated carbocycles. The summed E-state index contributed by atoms with van der Waals surface area (Å²) in [6, 6.07) is 14.6. The van der Waals surface area contributed by atoms with Crippen molar-refractivity contribution in [3.63, 3.8) is 0 Å². The second-order valence-electron chi connectivity index (χ2n) is 6.36. The van der Waals surface area contributed by atoms with Crippen molar-refractivity contribution in [1.82, 2.24) is 5.32 Å². The number of nitrogens with one attached hydrogen (secondary N) is 2. The fourth-order valence-electron chi connectivity index (χ4n) is 2.89. The molecule has 0 bridgehead atoms. The SMILES string of the molecule is COc1ccccc1CCNC(=O)C1(C(=O)Nc2cccc(Cl)c2)CC1. The number of amides is 2. The molecule has 0 spiro atoms. The molecule has 136 valence electrons. The summed E-state index contributed by atoms with van der Waals surface area (Å²) in [4.78, 5) is 25.1. The van der Waals surface area contributed by atoms with Crippen LogP contribution in [-0.2, 0) is 16.0 Å². The van der Waals surface area contributed by atoms with Crippen LogP contribution in [0.2, 0.25) is 5.02 Å². The quantitative estimate of drug-likeness (QED) is 0.732. The summed E-state index contributed by atoms with van der Waals surface area (Å²) in [6.07, 6.45) is 1.75. The molecule has 0 aliphatic heterocycles. The minimum absolute atomic E-state index is 0.230. The van der Waals surface area contributed by atoms with Crippen LogP contribution in [0.5, 0.6) is 5.75 Å². The zero-order valence-electron chi connectivity index (χ0n) is 14.5. The molecule has 0 radical (unpaired) electrons. The van der Waals surface area contributed by atoms with Gasteiger partial charge < -0.3 is 15.4 Å². The zero-order chi connectivity index (χ0) is 18.6. The van der Waals surface area contributed by atoms with Gasteiger partial charge in [0.15, 0.2) is 0 Å². The van der Waals surface area contributed by atoms with Crippen molar-refractivity contribution in [2.45, 2.75) is 19.3 Å². The van der Waals surface area contributed by atoms with Crippen LogP contribution >= 0.6 is 11.6 Å². The molecular weight excluding hydrogens is 352 g/mol. The molecule has 1 aliphatic carbocycles. The van der Waals surface area contributed by atoms with Crippen LogP contribution in [0, 0.1) is 5.41 Å². The van der Waals surface area contributed by atoms with Gasteiger partial charge in [-0.05, 0) is 49.1 Å². The predicted molar refractivity (Wildman–Crippen MR) is 101 cm³/mol. The molecule has 26 heavy (non-hydrogen) atoms. The van der Waals surface area contributed by atoms with E-state index in [1.54, 1.807) is 31.4 Å². The summed E-state index contributed by atoms with van der Waals surface area (Å²) in [5.41, 5.74) is 0.641. The number of rotatable bonds is 7. The summed E-state index contributed by atoms with van der Waals surface area (Å²) < 4.78 is 5.31. The molecule has 0 saturated heterocycles. The average molecular weight is 373 g/mol. The van der Waals surface area contributed by atoms with E-state index in [9.17, 15) is 9.59 Å². The Morgan fingerprint density at radius 2 is 1.88 bits per heavy atom. The molecule has 5 nitrogen and oxygen atoms in total. The van der Waals surface area contributed by atoms with E-state index in [0.29, 0.717) is 36.5 Å². The number of benzene rings is 2. The highest BCUT2D eigenvalue weighted by atomic mass is 35.5.